The van der Waals surface area contributed by atoms with Crippen molar-refractivity contribution in [2.45, 2.75) is 12.1 Å². The smallest absolute Gasteiger partial charge is 0.232 e. The molecule has 0 saturated carbocycles. The van der Waals surface area contributed by atoms with E-state index >= 15 is 0 Å². The molecule has 0 spiro atoms. The number of hydrogen-bond donors (Lipinski definition) is 0. The first-order valence-corrected chi connectivity index (χ1v) is 10.9. The summed E-state index contributed by atoms with van der Waals surface area (Å²) in [6.07, 6.45) is 0. The summed E-state index contributed by atoms with van der Waals surface area (Å²) in [4.78, 5) is 14.9. The van der Waals surface area contributed by atoms with Gasteiger partial charge in [0.1, 0.15) is 11.6 Å². The number of carbonyl (C=O) groups excluding carboxylic acids is 1. The van der Waals surface area contributed by atoms with Crippen molar-refractivity contribution in [3.8, 4) is 11.4 Å². The molecule has 0 aliphatic carbocycles. The topological polar surface area (TPSA) is 69.5 Å². The molecule has 9 heteroatoms. The number of benzene rings is 2. The molecule has 2 aromatic carbocycles. The molecule has 1 saturated heterocycles. The molecule has 162 valence electrons. The van der Waals surface area contributed by atoms with Crippen LogP contribution in [-0.4, -0.2) is 59.7 Å². The number of morpholine rings is 1. The van der Waals surface area contributed by atoms with Crippen LogP contribution in [0.4, 0.5) is 10.3 Å². The number of ether oxygens (including phenoxy) is 2. The van der Waals surface area contributed by atoms with Crippen LogP contribution in [0.1, 0.15) is 15.9 Å². The zero-order chi connectivity index (χ0) is 21.8. The monoisotopic (exact) mass is 442 g/mol. The lowest BCUT2D eigenvalue weighted by Gasteiger charge is -2.28. The summed E-state index contributed by atoms with van der Waals surface area (Å²) in [6.45, 7) is 4.71. The fraction of sp³-hybridized carbons (Fsp3) is 0.318. The van der Waals surface area contributed by atoms with Crippen LogP contribution in [0, 0.1) is 12.7 Å². The van der Waals surface area contributed by atoms with E-state index in [1.165, 1.54) is 37.1 Å². The van der Waals surface area contributed by atoms with E-state index < -0.39 is 5.82 Å². The van der Waals surface area contributed by atoms with Gasteiger partial charge in [-0.2, -0.15) is 0 Å². The van der Waals surface area contributed by atoms with Crippen LogP contribution in [-0.2, 0) is 4.74 Å². The SMILES string of the molecule is COc1ccc(F)cc1C(=O)CSc1nnc(N2CCOCC2)n1-c1ccc(C)cc1. The van der Waals surface area contributed by atoms with Crippen LogP contribution in [0.15, 0.2) is 47.6 Å². The van der Waals surface area contributed by atoms with E-state index in [9.17, 15) is 9.18 Å². The molecule has 1 aliphatic heterocycles. The summed E-state index contributed by atoms with van der Waals surface area (Å²) in [5, 5.41) is 9.35. The second-order valence-corrected chi connectivity index (χ2v) is 8.05. The van der Waals surface area contributed by atoms with Gasteiger partial charge in [-0.3, -0.25) is 9.36 Å². The first-order chi connectivity index (χ1) is 15.1. The number of ketones is 1. The Labute approximate surface area is 184 Å². The van der Waals surface area contributed by atoms with Gasteiger partial charge in [-0.25, -0.2) is 4.39 Å². The van der Waals surface area contributed by atoms with Gasteiger partial charge in [-0.05, 0) is 37.3 Å². The van der Waals surface area contributed by atoms with Crippen LogP contribution in [0.3, 0.4) is 0 Å². The Bertz CT molecular complexity index is 1070. The van der Waals surface area contributed by atoms with Gasteiger partial charge >= 0.3 is 0 Å². The molecule has 0 radical (unpaired) electrons. The Hall–Kier alpha value is -2.91. The number of nitrogens with zero attached hydrogens (tertiary/aromatic N) is 4. The highest BCUT2D eigenvalue weighted by Crippen LogP contribution is 2.29. The van der Waals surface area contributed by atoms with Crippen molar-refractivity contribution in [1.82, 2.24) is 14.8 Å². The molecule has 0 N–H and O–H groups in total. The number of rotatable bonds is 7. The molecule has 7 nitrogen and oxygen atoms in total. The van der Waals surface area contributed by atoms with E-state index in [1.807, 2.05) is 35.8 Å². The van der Waals surface area contributed by atoms with Gasteiger partial charge in [0.15, 0.2) is 10.9 Å². The Kier molecular flexibility index (Phi) is 6.53. The van der Waals surface area contributed by atoms with Crippen LogP contribution >= 0.6 is 11.8 Å². The van der Waals surface area contributed by atoms with Crippen LogP contribution < -0.4 is 9.64 Å². The Morgan fingerprint density at radius 2 is 1.90 bits per heavy atom. The molecule has 3 aromatic rings. The van der Waals surface area contributed by atoms with Crippen molar-refractivity contribution in [3.05, 3.63) is 59.4 Å². The number of carbonyl (C=O) groups is 1. The largest absolute Gasteiger partial charge is 0.496 e. The quantitative estimate of drug-likeness (QED) is 0.409. The van der Waals surface area contributed by atoms with Crippen molar-refractivity contribution >= 4 is 23.5 Å². The van der Waals surface area contributed by atoms with E-state index in [4.69, 9.17) is 9.47 Å². The second kappa shape index (κ2) is 9.49. The standard InChI is InChI=1S/C22H23FN4O3S/c1-15-3-6-17(7-4-15)27-21(26-9-11-30-12-10-26)24-25-22(27)31-14-19(28)18-13-16(23)5-8-20(18)29-2/h3-8,13H,9-12,14H2,1-2H3. The zero-order valence-electron chi connectivity index (χ0n) is 17.4. The highest BCUT2D eigenvalue weighted by molar-refractivity contribution is 7.99. The number of halogens is 1. The van der Waals surface area contributed by atoms with Gasteiger partial charge in [0.05, 0.1) is 37.3 Å². The van der Waals surface area contributed by atoms with Gasteiger partial charge < -0.3 is 14.4 Å². The van der Waals surface area contributed by atoms with Gasteiger partial charge in [-0.15, -0.1) is 10.2 Å². The molecule has 1 aromatic heterocycles. The fourth-order valence-corrected chi connectivity index (χ4v) is 4.18. The molecule has 1 fully saturated rings. The Balaban J connectivity index is 1.62. The summed E-state index contributed by atoms with van der Waals surface area (Å²) in [7, 11) is 1.46. The molecule has 0 unspecified atom stereocenters. The third kappa shape index (κ3) is 4.72. The average molecular weight is 443 g/mol. The van der Waals surface area contributed by atoms with Gasteiger partial charge in [0.25, 0.3) is 0 Å². The van der Waals surface area contributed by atoms with E-state index in [0.29, 0.717) is 43.2 Å². The maximum Gasteiger partial charge on any atom is 0.232 e. The molecule has 4 rings (SSSR count). The van der Waals surface area contributed by atoms with E-state index in [0.717, 1.165) is 11.3 Å². The van der Waals surface area contributed by atoms with Crippen molar-refractivity contribution in [1.29, 1.82) is 0 Å². The van der Waals surface area contributed by atoms with Crippen molar-refractivity contribution < 1.29 is 18.7 Å². The summed E-state index contributed by atoms with van der Waals surface area (Å²) >= 11 is 1.26. The number of Topliss-reactive ketones (excluding diaryl/α,β-unsaturated/α-hetero) is 1. The van der Waals surface area contributed by atoms with E-state index in [2.05, 4.69) is 15.1 Å². The average Bonchev–Trinajstić information content (AvgIpc) is 3.22. The minimum atomic E-state index is -0.480. The minimum Gasteiger partial charge on any atom is -0.496 e. The molecular weight excluding hydrogens is 419 g/mol. The van der Waals surface area contributed by atoms with Gasteiger partial charge in [0.2, 0.25) is 5.95 Å². The first kappa shape index (κ1) is 21.3. The molecule has 0 amide bonds. The molecule has 0 bridgehead atoms. The molecule has 2 heterocycles. The second-order valence-electron chi connectivity index (χ2n) is 7.11. The maximum atomic E-state index is 13.7. The number of thioether (sulfide) groups is 1. The van der Waals surface area contributed by atoms with Crippen LogP contribution in [0.2, 0.25) is 0 Å². The number of aryl methyl sites for hydroxylation is 1. The summed E-state index contributed by atoms with van der Waals surface area (Å²) in [6, 6.07) is 12.0. The molecule has 0 atom stereocenters. The summed E-state index contributed by atoms with van der Waals surface area (Å²) < 4.78 is 26.3. The number of methoxy groups -OCH3 is 1. The highest BCUT2D eigenvalue weighted by atomic mass is 32.2. The normalized spacial score (nSPS) is 14.0. The number of aromatic nitrogens is 3. The van der Waals surface area contributed by atoms with E-state index in [-0.39, 0.29) is 17.1 Å². The van der Waals surface area contributed by atoms with Crippen molar-refractivity contribution in [3.63, 3.8) is 0 Å². The number of anilines is 1. The Morgan fingerprint density at radius 1 is 1.16 bits per heavy atom. The van der Waals surface area contributed by atoms with Crippen LogP contribution in [0.25, 0.3) is 5.69 Å². The minimum absolute atomic E-state index is 0.0763. The van der Waals surface area contributed by atoms with Crippen molar-refractivity contribution in [2.24, 2.45) is 0 Å². The third-order valence-electron chi connectivity index (χ3n) is 5.00. The van der Waals surface area contributed by atoms with Gasteiger partial charge in [0, 0.05) is 13.1 Å². The zero-order valence-corrected chi connectivity index (χ0v) is 18.2. The number of hydrogen-bond acceptors (Lipinski definition) is 7. The highest BCUT2D eigenvalue weighted by Gasteiger charge is 2.23. The lowest BCUT2D eigenvalue weighted by atomic mass is 10.1. The molecule has 31 heavy (non-hydrogen) atoms. The predicted molar refractivity (Wildman–Crippen MR) is 117 cm³/mol. The van der Waals surface area contributed by atoms with Gasteiger partial charge in [-0.1, -0.05) is 29.5 Å². The lowest BCUT2D eigenvalue weighted by Crippen LogP contribution is -2.37. The van der Waals surface area contributed by atoms with E-state index in [1.54, 1.807) is 0 Å². The summed E-state index contributed by atoms with van der Waals surface area (Å²) in [5.74, 6) is 0.415. The first-order valence-electron chi connectivity index (χ1n) is 9.91. The fourth-order valence-electron chi connectivity index (χ4n) is 3.35. The molecular formula is C22H23FN4O3S. The lowest BCUT2D eigenvalue weighted by molar-refractivity contribution is 0.101. The van der Waals surface area contributed by atoms with Crippen molar-refractivity contribution in [2.75, 3.05) is 44.1 Å². The third-order valence-corrected chi connectivity index (χ3v) is 5.93. The predicted octanol–water partition coefficient (Wildman–Crippen LogP) is 3.54. The van der Waals surface area contributed by atoms with Crippen LogP contribution in [0.5, 0.6) is 5.75 Å². The maximum absolute atomic E-state index is 13.7. The summed E-state index contributed by atoms with van der Waals surface area (Å²) in [5.41, 5.74) is 2.27. The Morgan fingerprint density at radius 3 is 2.61 bits per heavy atom. The molecule has 1 aliphatic rings.